The second-order valence-corrected chi connectivity index (χ2v) is 8.16. The highest BCUT2D eigenvalue weighted by atomic mass is 16.5. The Hall–Kier alpha value is -4.21. The lowest BCUT2D eigenvalue weighted by atomic mass is 10.1. The largest absolute Gasteiger partial charge is 0.491 e. The van der Waals surface area contributed by atoms with Gasteiger partial charge < -0.3 is 15.2 Å². The molecule has 0 spiro atoms. The van der Waals surface area contributed by atoms with Crippen molar-refractivity contribution in [3.05, 3.63) is 80.1 Å². The van der Waals surface area contributed by atoms with Crippen molar-refractivity contribution in [3.63, 3.8) is 0 Å². The lowest BCUT2D eigenvalue weighted by Gasteiger charge is -2.17. The second-order valence-electron chi connectivity index (χ2n) is 8.16. The van der Waals surface area contributed by atoms with Crippen LogP contribution in [0.3, 0.4) is 0 Å². The minimum Gasteiger partial charge on any atom is -0.491 e. The van der Waals surface area contributed by atoms with Crippen molar-refractivity contribution in [2.45, 2.75) is 46.9 Å². The number of hydrogen-bond acceptors (Lipinski definition) is 7. The molecule has 3 aromatic rings. The summed E-state index contributed by atoms with van der Waals surface area (Å²) >= 11 is 0. The number of ether oxygens (including phenoxy) is 1. The summed E-state index contributed by atoms with van der Waals surface area (Å²) in [6, 6.07) is 12.7. The first-order valence-corrected chi connectivity index (χ1v) is 10.6. The lowest BCUT2D eigenvalue weighted by Crippen LogP contribution is -2.44. The van der Waals surface area contributed by atoms with Crippen molar-refractivity contribution in [1.82, 2.24) is 14.1 Å². The van der Waals surface area contributed by atoms with Gasteiger partial charge in [0.2, 0.25) is 5.95 Å². The number of hydrogen-bond donors (Lipinski definition) is 2. The summed E-state index contributed by atoms with van der Waals surface area (Å²) in [5, 5.41) is 11.9. The second kappa shape index (κ2) is 10.2. The Morgan fingerprint density at radius 1 is 1.06 bits per heavy atom. The summed E-state index contributed by atoms with van der Waals surface area (Å²) in [7, 11) is 0. The van der Waals surface area contributed by atoms with E-state index in [1.165, 1.54) is 4.57 Å². The molecule has 1 heterocycles. The summed E-state index contributed by atoms with van der Waals surface area (Å²) in [6.07, 6.45) is -0.0000295. The fraction of sp³-hybridized carbons (Fsp3) is 0.292. The zero-order valence-corrected chi connectivity index (χ0v) is 19.4. The van der Waals surface area contributed by atoms with Crippen molar-refractivity contribution in [1.29, 1.82) is 0 Å². The predicted octanol–water partition coefficient (Wildman–Crippen LogP) is 2.25. The molecule has 178 valence electrons. The third-order valence-corrected chi connectivity index (χ3v) is 4.95. The first-order valence-electron chi connectivity index (χ1n) is 10.6. The normalized spacial score (nSPS) is 10.9. The van der Waals surface area contributed by atoms with Crippen LogP contribution in [-0.2, 0) is 22.7 Å². The third-order valence-electron chi connectivity index (χ3n) is 4.95. The molecule has 0 amide bonds. The number of aryl methyl sites for hydroxylation is 2. The molecular formula is C24H26N4O6. The zero-order chi connectivity index (χ0) is 25.0. The molecule has 10 nitrogen and oxygen atoms in total. The number of nitrogens with one attached hydrogen (secondary N) is 1. The van der Waals surface area contributed by atoms with Gasteiger partial charge in [-0.15, -0.1) is 0 Å². The van der Waals surface area contributed by atoms with E-state index in [4.69, 9.17) is 9.84 Å². The van der Waals surface area contributed by atoms with Crippen LogP contribution < -0.4 is 21.4 Å². The van der Waals surface area contributed by atoms with E-state index in [2.05, 4.69) is 10.3 Å². The third kappa shape index (κ3) is 5.77. The monoisotopic (exact) mass is 466 g/mol. The number of Topliss-reactive ketones (excluding diaryl/α,β-unsaturated/α-hetero) is 1. The molecule has 0 aliphatic carbocycles. The minimum atomic E-state index is -1.74. The summed E-state index contributed by atoms with van der Waals surface area (Å²) in [6.45, 7) is 6.77. The molecule has 0 radical (unpaired) electrons. The van der Waals surface area contributed by atoms with E-state index in [0.717, 1.165) is 16.7 Å². The van der Waals surface area contributed by atoms with Crippen LogP contribution in [0.15, 0.2) is 52.1 Å². The van der Waals surface area contributed by atoms with Gasteiger partial charge in [0.05, 0.1) is 12.6 Å². The first kappa shape index (κ1) is 24.4. The number of rotatable bonds is 9. The van der Waals surface area contributed by atoms with E-state index in [0.29, 0.717) is 16.0 Å². The Labute approximate surface area is 195 Å². The molecule has 10 heteroatoms. The zero-order valence-electron chi connectivity index (χ0n) is 19.4. The van der Waals surface area contributed by atoms with Gasteiger partial charge in [-0.3, -0.25) is 9.36 Å². The molecule has 0 aliphatic heterocycles. The van der Waals surface area contributed by atoms with Gasteiger partial charge in [0.15, 0.2) is 0 Å². The molecule has 0 saturated carbocycles. The highest BCUT2D eigenvalue weighted by Crippen LogP contribution is 2.24. The molecule has 0 bridgehead atoms. The van der Waals surface area contributed by atoms with E-state index >= 15 is 0 Å². The van der Waals surface area contributed by atoms with Gasteiger partial charge in [-0.2, -0.15) is 4.98 Å². The number of anilines is 2. The fourth-order valence-corrected chi connectivity index (χ4v) is 3.23. The van der Waals surface area contributed by atoms with E-state index in [1.54, 1.807) is 18.2 Å². The van der Waals surface area contributed by atoms with Gasteiger partial charge >= 0.3 is 17.3 Å². The molecule has 34 heavy (non-hydrogen) atoms. The van der Waals surface area contributed by atoms with Crippen LogP contribution in [0.1, 0.15) is 30.5 Å². The average molecular weight is 466 g/mol. The Morgan fingerprint density at radius 2 is 1.74 bits per heavy atom. The van der Waals surface area contributed by atoms with Crippen LogP contribution in [0, 0.1) is 13.8 Å². The van der Waals surface area contributed by atoms with Gasteiger partial charge in [0, 0.05) is 5.69 Å². The maximum absolute atomic E-state index is 13.2. The molecule has 2 N–H and O–H groups in total. The van der Waals surface area contributed by atoms with Gasteiger partial charge in [-0.25, -0.2) is 19.0 Å². The van der Waals surface area contributed by atoms with E-state index in [1.807, 2.05) is 52.0 Å². The number of carboxylic acid groups (broad SMARTS) is 1. The predicted molar refractivity (Wildman–Crippen MR) is 126 cm³/mol. The maximum Gasteiger partial charge on any atom is 0.374 e. The van der Waals surface area contributed by atoms with Crippen molar-refractivity contribution in [3.8, 4) is 5.75 Å². The molecule has 0 saturated heterocycles. The standard InChI is InChI=1S/C24H26N4O6/c1-14(2)34-20-10-9-18(11-16(20)4)25-22-26-23(32)28(13-19(29)21(30)31)24(33)27(22)12-17-7-5-15(3)6-8-17/h5-11,14H,12-13H2,1-4H3,(H,30,31)(H,25,26,32). The van der Waals surface area contributed by atoms with Gasteiger partial charge in [0.25, 0.3) is 5.78 Å². The number of aliphatic carboxylic acids is 1. The van der Waals surface area contributed by atoms with Crippen molar-refractivity contribution >= 4 is 23.4 Å². The van der Waals surface area contributed by atoms with Crippen LogP contribution in [0.4, 0.5) is 11.6 Å². The van der Waals surface area contributed by atoms with Crippen molar-refractivity contribution in [2.75, 3.05) is 5.32 Å². The fourth-order valence-electron chi connectivity index (χ4n) is 3.23. The molecule has 0 aliphatic rings. The summed E-state index contributed by atoms with van der Waals surface area (Å²) < 4.78 is 7.45. The Morgan fingerprint density at radius 3 is 2.32 bits per heavy atom. The highest BCUT2D eigenvalue weighted by Gasteiger charge is 2.19. The van der Waals surface area contributed by atoms with Crippen LogP contribution in [0.5, 0.6) is 5.75 Å². The topological polar surface area (TPSA) is 133 Å². The van der Waals surface area contributed by atoms with Gasteiger partial charge in [-0.05, 0) is 57.0 Å². The summed E-state index contributed by atoms with van der Waals surface area (Å²) in [5.74, 6) is -2.36. The molecule has 3 rings (SSSR count). The van der Waals surface area contributed by atoms with Gasteiger partial charge in [0.1, 0.15) is 12.3 Å². The van der Waals surface area contributed by atoms with Crippen LogP contribution in [0.25, 0.3) is 0 Å². The van der Waals surface area contributed by atoms with E-state index < -0.39 is 29.7 Å². The summed E-state index contributed by atoms with van der Waals surface area (Å²) in [4.78, 5) is 52.3. The molecule has 0 fully saturated rings. The molecule has 0 unspecified atom stereocenters. The highest BCUT2D eigenvalue weighted by molar-refractivity contribution is 6.32. The number of benzene rings is 2. The number of nitrogens with zero attached hydrogens (tertiary/aromatic N) is 3. The molecule has 0 atom stereocenters. The average Bonchev–Trinajstić information content (AvgIpc) is 2.76. The number of ketones is 1. The van der Waals surface area contributed by atoms with Crippen LogP contribution in [-0.4, -0.2) is 37.1 Å². The van der Waals surface area contributed by atoms with Gasteiger partial charge in [-0.1, -0.05) is 29.8 Å². The lowest BCUT2D eigenvalue weighted by molar-refractivity contribution is -0.149. The Balaban J connectivity index is 2.06. The van der Waals surface area contributed by atoms with Crippen LogP contribution in [0.2, 0.25) is 0 Å². The molecule has 1 aromatic heterocycles. The number of carbonyl (C=O) groups excluding carboxylic acids is 1. The molecule has 2 aromatic carbocycles. The Kier molecular flexibility index (Phi) is 7.30. The number of carbonyl (C=O) groups is 2. The first-order chi connectivity index (χ1) is 16.0. The quantitative estimate of drug-likeness (QED) is 0.459. The maximum atomic E-state index is 13.2. The van der Waals surface area contributed by atoms with E-state index in [-0.39, 0.29) is 18.6 Å². The van der Waals surface area contributed by atoms with Crippen molar-refractivity contribution < 1.29 is 19.4 Å². The molecular weight excluding hydrogens is 440 g/mol. The minimum absolute atomic E-state index is 0.0000295. The van der Waals surface area contributed by atoms with Crippen molar-refractivity contribution in [2.24, 2.45) is 0 Å². The number of carboxylic acids is 1. The van der Waals surface area contributed by atoms with Crippen LogP contribution >= 0.6 is 0 Å². The van der Waals surface area contributed by atoms with E-state index in [9.17, 15) is 19.2 Å². The number of aromatic nitrogens is 3. The SMILES string of the molecule is Cc1ccc(Cn2c(Nc3ccc(OC(C)C)c(C)c3)nc(=O)n(CC(=O)C(=O)O)c2=O)cc1. The summed E-state index contributed by atoms with van der Waals surface area (Å²) in [5.41, 5.74) is 1.31. The Bertz CT molecular complexity index is 1340. The smallest absolute Gasteiger partial charge is 0.374 e.